The molecule has 0 radical (unpaired) electrons. The number of carbonyl (C=O) groups is 2. The van der Waals surface area contributed by atoms with Crippen molar-refractivity contribution in [3.8, 4) is 0 Å². The number of benzene rings is 2. The molecule has 0 fully saturated rings. The second-order valence-electron chi connectivity index (χ2n) is 6.16. The molecule has 0 bridgehead atoms. The van der Waals surface area contributed by atoms with Crippen molar-refractivity contribution >= 4 is 39.5 Å². The summed E-state index contributed by atoms with van der Waals surface area (Å²) in [4.78, 5) is 29.6. The van der Waals surface area contributed by atoms with Crippen LogP contribution >= 0.6 is 15.9 Å². The van der Waals surface area contributed by atoms with E-state index >= 15 is 0 Å². The fourth-order valence-electron chi connectivity index (χ4n) is 2.59. The number of para-hydroxylation sites is 1. The number of nitrogens with two attached hydrogens (primary N) is 1. The van der Waals surface area contributed by atoms with Gasteiger partial charge in [-0.05, 0) is 57.4 Å². The number of anilines is 1. The van der Waals surface area contributed by atoms with Crippen molar-refractivity contribution in [1.82, 2.24) is 15.6 Å². The van der Waals surface area contributed by atoms with Gasteiger partial charge in [0.1, 0.15) is 5.70 Å². The van der Waals surface area contributed by atoms with Gasteiger partial charge in [0.15, 0.2) is 0 Å². The quantitative estimate of drug-likeness (QED) is 0.395. The standard InChI is InChI=1S/C22H19BrN4O2/c23-18-9-3-2-8-17(18)21(28)27-20(12-15-6-5-11-25-13-15)22(29)26-14-16-7-1-4-10-19(16)24/h1-13H,14,24H2,(H,26,29)(H,27,28)/b20-12+. The van der Waals surface area contributed by atoms with Gasteiger partial charge in [-0.15, -0.1) is 0 Å². The van der Waals surface area contributed by atoms with E-state index in [2.05, 4.69) is 31.5 Å². The second-order valence-corrected chi connectivity index (χ2v) is 7.01. The van der Waals surface area contributed by atoms with E-state index in [1.807, 2.05) is 24.3 Å². The molecular weight excluding hydrogens is 432 g/mol. The molecule has 3 aromatic rings. The van der Waals surface area contributed by atoms with E-state index in [1.165, 1.54) is 0 Å². The fraction of sp³-hybridized carbons (Fsp3) is 0.0455. The van der Waals surface area contributed by atoms with E-state index in [1.54, 1.807) is 54.9 Å². The van der Waals surface area contributed by atoms with Crippen LogP contribution in [0, 0.1) is 0 Å². The van der Waals surface area contributed by atoms with Gasteiger partial charge in [0.05, 0.1) is 5.56 Å². The molecule has 3 rings (SSSR count). The van der Waals surface area contributed by atoms with Crippen molar-refractivity contribution in [3.63, 3.8) is 0 Å². The lowest BCUT2D eigenvalue weighted by Crippen LogP contribution is -2.34. The van der Waals surface area contributed by atoms with Crippen molar-refractivity contribution in [3.05, 3.63) is 99.9 Å². The van der Waals surface area contributed by atoms with Gasteiger partial charge >= 0.3 is 0 Å². The third kappa shape index (κ3) is 5.52. The minimum Gasteiger partial charge on any atom is -0.398 e. The topological polar surface area (TPSA) is 97.1 Å². The monoisotopic (exact) mass is 450 g/mol. The predicted octanol–water partition coefficient (Wildman–Crippen LogP) is 3.51. The fourth-order valence-corrected chi connectivity index (χ4v) is 3.05. The molecule has 0 saturated heterocycles. The van der Waals surface area contributed by atoms with Crippen LogP contribution in [0.25, 0.3) is 6.08 Å². The molecule has 0 atom stereocenters. The minimum atomic E-state index is -0.433. The zero-order chi connectivity index (χ0) is 20.6. The number of nitrogen functional groups attached to an aromatic ring is 1. The largest absolute Gasteiger partial charge is 0.398 e. The van der Waals surface area contributed by atoms with Gasteiger partial charge in [-0.1, -0.05) is 36.4 Å². The Hall–Kier alpha value is -3.45. The first-order valence-corrected chi connectivity index (χ1v) is 9.63. The van der Waals surface area contributed by atoms with Gasteiger partial charge in [-0.3, -0.25) is 14.6 Å². The molecule has 29 heavy (non-hydrogen) atoms. The molecular formula is C22H19BrN4O2. The number of nitrogens with one attached hydrogen (secondary N) is 2. The number of hydrogen-bond donors (Lipinski definition) is 3. The summed E-state index contributed by atoms with van der Waals surface area (Å²) >= 11 is 3.36. The zero-order valence-corrected chi connectivity index (χ0v) is 17.0. The normalized spacial score (nSPS) is 11.0. The van der Waals surface area contributed by atoms with Crippen LogP contribution in [0.1, 0.15) is 21.5 Å². The molecule has 2 aromatic carbocycles. The van der Waals surface area contributed by atoms with Crippen molar-refractivity contribution in [1.29, 1.82) is 0 Å². The molecule has 0 aliphatic heterocycles. The minimum absolute atomic E-state index is 0.105. The Morgan fingerprint density at radius 1 is 1.03 bits per heavy atom. The maximum Gasteiger partial charge on any atom is 0.268 e. The highest BCUT2D eigenvalue weighted by atomic mass is 79.9. The van der Waals surface area contributed by atoms with Crippen LogP contribution in [0.2, 0.25) is 0 Å². The number of hydrogen-bond acceptors (Lipinski definition) is 4. The molecule has 146 valence electrons. The number of aromatic nitrogens is 1. The number of nitrogens with zero attached hydrogens (tertiary/aromatic N) is 1. The number of rotatable bonds is 6. The lowest BCUT2D eigenvalue weighted by atomic mass is 10.1. The number of halogens is 1. The van der Waals surface area contributed by atoms with Crippen LogP contribution in [0.3, 0.4) is 0 Å². The number of pyridine rings is 1. The summed E-state index contributed by atoms with van der Waals surface area (Å²) in [6.45, 7) is 0.237. The van der Waals surface area contributed by atoms with Crippen LogP contribution in [0.4, 0.5) is 5.69 Å². The summed E-state index contributed by atoms with van der Waals surface area (Å²) in [7, 11) is 0. The van der Waals surface area contributed by atoms with Crippen molar-refractivity contribution in [2.24, 2.45) is 0 Å². The van der Waals surface area contributed by atoms with Gasteiger partial charge in [-0.25, -0.2) is 0 Å². The van der Waals surface area contributed by atoms with Crippen LogP contribution in [0.5, 0.6) is 0 Å². The average Bonchev–Trinajstić information content (AvgIpc) is 2.73. The van der Waals surface area contributed by atoms with E-state index in [0.717, 1.165) is 5.56 Å². The van der Waals surface area contributed by atoms with E-state index in [-0.39, 0.29) is 12.2 Å². The molecule has 4 N–H and O–H groups in total. The lowest BCUT2D eigenvalue weighted by molar-refractivity contribution is -0.117. The number of carbonyl (C=O) groups excluding carboxylic acids is 2. The molecule has 1 heterocycles. The summed E-state index contributed by atoms with van der Waals surface area (Å²) in [6.07, 6.45) is 4.81. The highest BCUT2D eigenvalue weighted by molar-refractivity contribution is 9.10. The molecule has 0 aliphatic rings. The smallest absolute Gasteiger partial charge is 0.268 e. The van der Waals surface area contributed by atoms with Gasteiger partial charge in [-0.2, -0.15) is 0 Å². The van der Waals surface area contributed by atoms with Crippen molar-refractivity contribution in [2.75, 3.05) is 5.73 Å². The molecule has 6 nitrogen and oxygen atoms in total. The molecule has 0 unspecified atom stereocenters. The molecule has 7 heteroatoms. The third-order valence-electron chi connectivity index (χ3n) is 4.10. The first kappa shape index (κ1) is 20.3. The maximum atomic E-state index is 12.8. The third-order valence-corrected chi connectivity index (χ3v) is 4.79. The van der Waals surface area contributed by atoms with Crippen molar-refractivity contribution < 1.29 is 9.59 Å². The first-order valence-electron chi connectivity index (χ1n) is 8.84. The predicted molar refractivity (Wildman–Crippen MR) is 117 cm³/mol. The molecule has 2 amide bonds. The van der Waals surface area contributed by atoms with Gasteiger partial charge in [0.2, 0.25) is 0 Å². The van der Waals surface area contributed by atoms with Gasteiger partial charge < -0.3 is 16.4 Å². The van der Waals surface area contributed by atoms with Gasteiger partial charge in [0, 0.05) is 29.1 Å². The first-order chi connectivity index (χ1) is 14.0. The Balaban J connectivity index is 1.82. The summed E-state index contributed by atoms with van der Waals surface area (Å²) in [5.74, 6) is -0.834. The second kappa shape index (κ2) is 9.66. The van der Waals surface area contributed by atoms with Crippen LogP contribution in [0.15, 0.2) is 83.2 Å². The van der Waals surface area contributed by atoms with E-state index < -0.39 is 11.8 Å². The SMILES string of the molecule is Nc1ccccc1CNC(=O)/C(=C\c1cccnc1)NC(=O)c1ccccc1Br. The number of amides is 2. The average molecular weight is 451 g/mol. The molecule has 0 saturated carbocycles. The summed E-state index contributed by atoms with van der Waals surface area (Å²) in [5.41, 5.74) is 8.52. The summed E-state index contributed by atoms with van der Waals surface area (Å²) in [5, 5.41) is 5.49. The molecule has 1 aromatic heterocycles. The Kier molecular flexibility index (Phi) is 6.76. The molecule has 0 spiro atoms. The Labute approximate surface area is 177 Å². The Morgan fingerprint density at radius 3 is 2.52 bits per heavy atom. The molecule has 0 aliphatic carbocycles. The summed E-state index contributed by atoms with van der Waals surface area (Å²) < 4.78 is 0.635. The Morgan fingerprint density at radius 2 is 1.79 bits per heavy atom. The maximum absolute atomic E-state index is 12.8. The van der Waals surface area contributed by atoms with Crippen LogP contribution in [-0.4, -0.2) is 16.8 Å². The highest BCUT2D eigenvalue weighted by Gasteiger charge is 2.16. The lowest BCUT2D eigenvalue weighted by Gasteiger charge is -2.13. The Bertz CT molecular complexity index is 1050. The highest BCUT2D eigenvalue weighted by Crippen LogP contribution is 2.16. The summed E-state index contributed by atoms with van der Waals surface area (Å²) in [6, 6.07) is 17.8. The zero-order valence-electron chi connectivity index (χ0n) is 15.4. The van der Waals surface area contributed by atoms with Gasteiger partial charge in [0.25, 0.3) is 11.8 Å². The van der Waals surface area contributed by atoms with Crippen molar-refractivity contribution in [2.45, 2.75) is 6.54 Å². The van der Waals surface area contributed by atoms with Crippen LogP contribution in [-0.2, 0) is 11.3 Å². The van der Waals surface area contributed by atoms with E-state index in [9.17, 15) is 9.59 Å². The van der Waals surface area contributed by atoms with E-state index in [4.69, 9.17) is 5.73 Å². The van der Waals surface area contributed by atoms with E-state index in [0.29, 0.717) is 21.3 Å². The van der Waals surface area contributed by atoms with Crippen LogP contribution < -0.4 is 16.4 Å².